The number of hydrogen-bond donors (Lipinski definition) is 2. The molecule has 1 amide bonds. The number of aromatic nitrogens is 2. The molecule has 0 unspecified atom stereocenters. The quantitative estimate of drug-likeness (QED) is 0.537. The zero-order valence-corrected chi connectivity index (χ0v) is 14.4. The van der Waals surface area contributed by atoms with Crippen LogP contribution in [0.2, 0.25) is 5.02 Å². The summed E-state index contributed by atoms with van der Waals surface area (Å²) in [6.07, 6.45) is 2.54. The molecule has 1 aromatic heterocycles. The molecule has 0 saturated carbocycles. The molecule has 0 aliphatic heterocycles. The molecule has 1 heterocycles. The van der Waals surface area contributed by atoms with Crippen LogP contribution in [0.1, 0.15) is 28.5 Å². The van der Waals surface area contributed by atoms with Crippen LogP contribution in [0.4, 0.5) is 0 Å². The van der Waals surface area contributed by atoms with Crippen molar-refractivity contribution >= 4 is 23.7 Å². The molecule has 0 saturated heterocycles. The predicted octanol–water partition coefficient (Wildman–Crippen LogP) is 4.06. The molecular formula is C19H17ClN4O. The fraction of sp³-hybridized carbons (Fsp3) is 0.105. The minimum Gasteiger partial charge on any atom is -0.272 e. The van der Waals surface area contributed by atoms with E-state index in [0.717, 1.165) is 23.2 Å². The van der Waals surface area contributed by atoms with Crippen LogP contribution in [0.25, 0.3) is 11.3 Å². The van der Waals surface area contributed by atoms with Gasteiger partial charge in [0.2, 0.25) is 0 Å². The Balaban J connectivity index is 1.64. The number of aromatic amines is 1. The van der Waals surface area contributed by atoms with Crippen molar-refractivity contribution in [1.29, 1.82) is 0 Å². The number of aryl methyl sites for hydroxylation is 1. The molecule has 6 heteroatoms. The first-order valence-corrected chi connectivity index (χ1v) is 8.27. The third-order valence-electron chi connectivity index (χ3n) is 3.73. The monoisotopic (exact) mass is 352 g/mol. The number of hydrogen-bond acceptors (Lipinski definition) is 3. The van der Waals surface area contributed by atoms with E-state index in [9.17, 15) is 4.79 Å². The molecule has 0 bridgehead atoms. The summed E-state index contributed by atoms with van der Waals surface area (Å²) < 4.78 is 0. The van der Waals surface area contributed by atoms with Crippen LogP contribution < -0.4 is 5.43 Å². The van der Waals surface area contributed by atoms with Crippen LogP contribution in [-0.2, 0) is 6.42 Å². The van der Waals surface area contributed by atoms with E-state index in [1.54, 1.807) is 24.4 Å². The average Bonchev–Trinajstić information content (AvgIpc) is 3.13. The van der Waals surface area contributed by atoms with Crippen molar-refractivity contribution in [2.24, 2.45) is 5.10 Å². The van der Waals surface area contributed by atoms with Crippen molar-refractivity contribution in [2.45, 2.75) is 13.3 Å². The highest BCUT2D eigenvalue weighted by Gasteiger charge is 2.10. The second kappa shape index (κ2) is 7.77. The van der Waals surface area contributed by atoms with Gasteiger partial charge in [-0.25, -0.2) is 5.43 Å². The fourth-order valence-electron chi connectivity index (χ4n) is 2.27. The lowest BCUT2D eigenvalue weighted by Gasteiger charge is -1.98. The highest BCUT2D eigenvalue weighted by Crippen LogP contribution is 2.18. The zero-order chi connectivity index (χ0) is 17.6. The number of benzene rings is 2. The van der Waals surface area contributed by atoms with E-state index in [1.807, 2.05) is 24.3 Å². The van der Waals surface area contributed by atoms with Gasteiger partial charge in [-0.2, -0.15) is 10.2 Å². The number of rotatable bonds is 5. The summed E-state index contributed by atoms with van der Waals surface area (Å²) in [5, 5.41) is 11.5. The van der Waals surface area contributed by atoms with Gasteiger partial charge < -0.3 is 0 Å². The van der Waals surface area contributed by atoms with Gasteiger partial charge in [-0.3, -0.25) is 9.89 Å². The first-order chi connectivity index (χ1) is 12.2. The molecule has 2 aromatic carbocycles. The van der Waals surface area contributed by atoms with E-state index in [2.05, 4.69) is 39.8 Å². The number of carbonyl (C=O) groups is 1. The third-order valence-corrected chi connectivity index (χ3v) is 3.98. The van der Waals surface area contributed by atoms with Crippen molar-refractivity contribution in [1.82, 2.24) is 15.6 Å². The Labute approximate surface area is 150 Å². The Morgan fingerprint density at radius 2 is 1.92 bits per heavy atom. The molecule has 5 nitrogen and oxygen atoms in total. The molecule has 0 aliphatic carbocycles. The van der Waals surface area contributed by atoms with Crippen LogP contribution in [0, 0.1) is 0 Å². The predicted molar refractivity (Wildman–Crippen MR) is 99.9 cm³/mol. The third kappa shape index (κ3) is 4.33. The Morgan fingerprint density at radius 3 is 2.60 bits per heavy atom. The van der Waals surface area contributed by atoms with Crippen molar-refractivity contribution < 1.29 is 4.79 Å². The van der Waals surface area contributed by atoms with Crippen LogP contribution in [-0.4, -0.2) is 22.3 Å². The number of nitrogens with one attached hydrogen (secondary N) is 2. The molecule has 126 valence electrons. The van der Waals surface area contributed by atoms with E-state index >= 15 is 0 Å². The maximum Gasteiger partial charge on any atom is 0.289 e. The lowest BCUT2D eigenvalue weighted by molar-refractivity contribution is 0.0950. The minimum atomic E-state index is -0.353. The van der Waals surface area contributed by atoms with Crippen molar-refractivity contribution in [3.63, 3.8) is 0 Å². The van der Waals surface area contributed by atoms with Gasteiger partial charge in [-0.1, -0.05) is 54.9 Å². The smallest absolute Gasteiger partial charge is 0.272 e. The average molecular weight is 353 g/mol. The van der Waals surface area contributed by atoms with E-state index in [1.165, 1.54) is 5.56 Å². The van der Waals surface area contributed by atoms with Gasteiger partial charge in [0.25, 0.3) is 5.91 Å². The number of nitrogens with zero attached hydrogens (tertiary/aromatic N) is 2. The maximum absolute atomic E-state index is 12.1. The molecule has 3 aromatic rings. The summed E-state index contributed by atoms with van der Waals surface area (Å²) >= 11 is 5.82. The maximum atomic E-state index is 12.1. The topological polar surface area (TPSA) is 70.1 Å². The molecule has 0 atom stereocenters. The van der Waals surface area contributed by atoms with Gasteiger partial charge in [0, 0.05) is 10.6 Å². The summed E-state index contributed by atoms with van der Waals surface area (Å²) in [5.41, 5.74) is 6.59. The van der Waals surface area contributed by atoms with E-state index in [4.69, 9.17) is 11.6 Å². The number of H-pyrrole nitrogens is 1. The van der Waals surface area contributed by atoms with Gasteiger partial charge in [0.1, 0.15) is 5.69 Å². The van der Waals surface area contributed by atoms with Gasteiger partial charge in [-0.15, -0.1) is 0 Å². The van der Waals surface area contributed by atoms with Crippen LogP contribution in [0.5, 0.6) is 0 Å². The van der Waals surface area contributed by atoms with Crippen LogP contribution >= 0.6 is 11.6 Å². The molecule has 0 fully saturated rings. The van der Waals surface area contributed by atoms with Gasteiger partial charge >= 0.3 is 0 Å². The molecule has 2 N–H and O–H groups in total. The van der Waals surface area contributed by atoms with E-state index < -0.39 is 0 Å². The summed E-state index contributed by atoms with van der Waals surface area (Å²) in [4.78, 5) is 12.1. The largest absolute Gasteiger partial charge is 0.289 e. The molecule has 25 heavy (non-hydrogen) atoms. The summed E-state index contributed by atoms with van der Waals surface area (Å²) in [7, 11) is 0. The Kier molecular flexibility index (Phi) is 5.26. The summed E-state index contributed by atoms with van der Waals surface area (Å²) in [6.45, 7) is 2.11. The number of hydrazone groups is 1. The van der Waals surface area contributed by atoms with E-state index in [0.29, 0.717) is 10.7 Å². The van der Waals surface area contributed by atoms with Gasteiger partial charge in [0.05, 0.1) is 11.9 Å². The van der Waals surface area contributed by atoms with Gasteiger partial charge in [-0.05, 0) is 35.7 Å². The van der Waals surface area contributed by atoms with Crippen molar-refractivity contribution in [2.75, 3.05) is 0 Å². The minimum absolute atomic E-state index is 0.350. The Hall–Kier alpha value is -2.92. The van der Waals surface area contributed by atoms with E-state index in [-0.39, 0.29) is 5.91 Å². The highest BCUT2D eigenvalue weighted by atomic mass is 35.5. The number of carbonyl (C=O) groups excluding carboxylic acids is 1. The molecule has 0 radical (unpaired) electrons. The lowest BCUT2D eigenvalue weighted by atomic mass is 10.1. The van der Waals surface area contributed by atoms with Crippen molar-refractivity contribution in [3.05, 3.63) is 76.4 Å². The SMILES string of the molecule is CCc1ccc(-c2cc(C(=O)N/N=C/c3ccc(Cl)cc3)[nH]n2)cc1. The molecular weight excluding hydrogens is 336 g/mol. The fourth-order valence-corrected chi connectivity index (χ4v) is 2.40. The molecule has 0 spiro atoms. The van der Waals surface area contributed by atoms with Crippen LogP contribution in [0.15, 0.2) is 59.7 Å². The second-order valence-corrected chi connectivity index (χ2v) is 5.90. The summed E-state index contributed by atoms with van der Waals surface area (Å²) in [5.74, 6) is -0.353. The first-order valence-electron chi connectivity index (χ1n) is 7.89. The number of amides is 1. The normalized spacial score (nSPS) is 11.0. The van der Waals surface area contributed by atoms with Crippen molar-refractivity contribution in [3.8, 4) is 11.3 Å². The first kappa shape index (κ1) is 16.9. The zero-order valence-electron chi connectivity index (χ0n) is 13.7. The Bertz CT molecular complexity index is 883. The highest BCUT2D eigenvalue weighted by molar-refractivity contribution is 6.30. The number of halogens is 1. The standard InChI is InChI=1S/C19H17ClN4O/c1-2-13-3-7-15(8-4-13)17-11-18(23-22-17)19(25)24-21-12-14-5-9-16(20)10-6-14/h3-12H,2H2,1H3,(H,22,23)(H,24,25)/b21-12+. The molecule has 3 rings (SSSR count). The van der Waals surface area contributed by atoms with Crippen LogP contribution in [0.3, 0.4) is 0 Å². The summed E-state index contributed by atoms with van der Waals surface area (Å²) in [6, 6.07) is 16.9. The second-order valence-electron chi connectivity index (χ2n) is 5.47. The molecule has 0 aliphatic rings. The van der Waals surface area contributed by atoms with Gasteiger partial charge in [0.15, 0.2) is 0 Å². The Morgan fingerprint density at radius 1 is 1.20 bits per heavy atom. The lowest BCUT2D eigenvalue weighted by Crippen LogP contribution is -2.17.